The predicted molar refractivity (Wildman–Crippen MR) is 107 cm³/mol. The second-order valence-electron chi connectivity index (χ2n) is 7.74. The standard InChI is InChI=1S/C21H24N4O4/c1-13-18(21(29)25(23(13)2)14-8-4-3-5-9-14)22-17(26)12-24-19(27)15-10-6-7-11-16(15)20(24)28/h3-5,8-9,15-16H,6-7,10-12H2,1-2H3,(H,22,26). The largest absolute Gasteiger partial charge is 0.318 e. The number of imide groups is 1. The molecule has 8 nitrogen and oxygen atoms in total. The predicted octanol–water partition coefficient (Wildman–Crippen LogP) is 1.60. The molecule has 1 aromatic carbocycles. The van der Waals surface area contributed by atoms with Crippen LogP contribution < -0.4 is 10.9 Å². The van der Waals surface area contributed by atoms with Crippen molar-refractivity contribution in [1.29, 1.82) is 0 Å². The van der Waals surface area contributed by atoms with Gasteiger partial charge in [0.05, 0.1) is 23.2 Å². The minimum absolute atomic E-state index is 0.151. The SMILES string of the molecule is Cc1c(NC(=O)CN2C(=O)C3CCCCC3C2=O)c(=O)n(-c2ccccc2)n1C. The van der Waals surface area contributed by atoms with Crippen molar-refractivity contribution in [3.05, 3.63) is 46.4 Å². The van der Waals surface area contributed by atoms with Crippen LogP contribution in [-0.2, 0) is 21.4 Å². The number of anilines is 1. The first-order valence-corrected chi connectivity index (χ1v) is 9.89. The molecule has 152 valence electrons. The minimum Gasteiger partial charge on any atom is -0.318 e. The number of likely N-dealkylation sites (tertiary alicyclic amines) is 1. The molecule has 2 atom stereocenters. The minimum atomic E-state index is -0.545. The van der Waals surface area contributed by atoms with E-state index in [2.05, 4.69) is 5.32 Å². The molecular formula is C21H24N4O4. The number of rotatable bonds is 4. The van der Waals surface area contributed by atoms with Crippen LogP contribution in [0.3, 0.4) is 0 Å². The van der Waals surface area contributed by atoms with Crippen LogP contribution in [0.1, 0.15) is 31.4 Å². The van der Waals surface area contributed by atoms with Crippen molar-refractivity contribution in [2.45, 2.75) is 32.6 Å². The van der Waals surface area contributed by atoms with Crippen LogP contribution in [-0.4, -0.2) is 38.5 Å². The fraction of sp³-hybridized carbons (Fsp3) is 0.429. The maximum Gasteiger partial charge on any atom is 0.295 e. The highest BCUT2D eigenvalue weighted by Crippen LogP contribution is 2.37. The van der Waals surface area contributed by atoms with E-state index < -0.39 is 5.91 Å². The van der Waals surface area contributed by atoms with E-state index in [1.165, 1.54) is 4.68 Å². The van der Waals surface area contributed by atoms with Gasteiger partial charge in [-0.1, -0.05) is 31.0 Å². The molecule has 2 aliphatic rings. The summed E-state index contributed by atoms with van der Waals surface area (Å²) in [6.07, 6.45) is 3.27. The summed E-state index contributed by atoms with van der Waals surface area (Å²) < 4.78 is 3.12. The second kappa shape index (κ2) is 7.35. The van der Waals surface area contributed by atoms with Crippen LogP contribution >= 0.6 is 0 Å². The number of para-hydroxylation sites is 1. The molecular weight excluding hydrogens is 372 g/mol. The third-order valence-corrected chi connectivity index (χ3v) is 6.05. The van der Waals surface area contributed by atoms with Crippen molar-refractivity contribution in [3.63, 3.8) is 0 Å². The summed E-state index contributed by atoms with van der Waals surface area (Å²) in [5, 5.41) is 2.62. The Labute approximate surface area is 168 Å². The number of aromatic nitrogens is 2. The molecule has 1 saturated carbocycles. The maximum absolute atomic E-state index is 12.9. The zero-order valence-electron chi connectivity index (χ0n) is 16.6. The van der Waals surface area contributed by atoms with Gasteiger partial charge in [-0.2, -0.15) is 0 Å². The van der Waals surface area contributed by atoms with Gasteiger partial charge in [0.15, 0.2) is 0 Å². The molecule has 2 unspecified atom stereocenters. The zero-order valence-corrected chi connectivity index (χ0v) is 16.6. The van der Waals surface area contributed by atoms with Crippen LogP contribution in [0.25, 0.3) is 5.69 Å². The van der Waals surface area contributed by atoms with E-state index >= 15 is 0 Å². The molecule has 1 saturated heterocycles. The third-order valence-electron chi connectivity index (χ3n) is 6.05. The molecule has 2 aromatic rings. The number of benzene rings is 1. The van der Waals surface area contributed by atoms with Crippen molar-refractivity contribution in [3.8, 4) is 5.69 Å². The van der Waals surface area contributed by atoms with Gasteiger partial charge in [0.1, 0.15) is 12.2 Å². The summed E-state index contributed by atoms with van der Waals surface area (Å²) in [7, 11) is 1.73. The third kappa shape index (κ3) is 3.18. The Morgan fingerprint density at radius 3 is 2.21 bits per heavy atom. The molecule has 4 rings (SSSR count). The van der Waals surface area contributed by atoms with Gasteiger partial charge in [0, 0.05) is 7.05 Å². The molecule has 29 heavy (non-hydrogen) atoms. The molecule has 2 heterocycles. The van der Waals surface area contributed by atoms with Gasteiger partial charge in [0.2, 0.25) is 17.7 Å². The highest BCUT2D eigenvalue weighted by molar-refractivity contribution is 6.08. The van der Waals surface area contributed by atoms with E-state index in [1.54, 1.807) is 30.8 Å². The smallest absolute Gasteiger partial charge is 0.295 e. The Morgan fingerprint density at radius 1 is 1.03 bits per heavy atom. The van der Waals surface area contributed by atoms with Crippen molar-refractivity contribution < 1.29 is 14.4 Å². The molecule has 3 amide bonds. The van der Waals surface area contributed by atoms with Gasteiger partial charge in [-0.05, 0) is 31.9 Å². The Kier molecular flexibility index (Phi) is 4.86. The van der Waals surface area contributed by atoms with E-state index in [-0.39, 0.29) is 41.4 Å². The molecule has 0 radical (unpaired) electrons. The number of nitrogens with one attached hydrogen (secondary N) is 1. The average molecular weight is 396 g/mol. The Hall–Kier alpha value is -3.16. The van der Waals surface area contributed by atoms with Gasteiger partial charge < -0.3 is 5.32 Å². The van der Waals surface area contributed by atoms with Gasteiger partial charge in [-0.3, -0.25) is 28.8 Å². The number of amides is 3. The zero-order chi connectivity index (χ0) is 20.7. The highest BCUT2D eigenvalue weighted by Gasteiger charge is 2.48. The van der Waals surface area contributed by atoms with E-state index in [1.807, 2.05) is 18.2 Å². The first-order valence-electron chi connectivity index (χ1n) is 9.89. The Bertz CT molecular complexity index is 1010. The van der Waals surface area contributed by atoms with E-state index in [0.29, 0.717) is 24.2 Å². The first-order chi connectivity index (χ1) is 13.9. The number of nitrogens with zero attached hydrogens (tertiary/aromatic N) is 3. The van der Waals surface area contributed by atoms with Crippen LogP contribution in [0.5, 0.6) is 0 Å². The lowest BCUT2D eigenvalue weighted by Crippen LogP contribution is -2.38. The second-order valence-corrected chi connectivity index (χ2v) is 7.74. The fourth-order valence-electron chi connectivity index (χ4n) is 4.42. The maximum atomic E-state index is 12.9. The van der Waals surface area contributed by atoms with E-state index in [9.17, 15) is 19.2 Å². The van der Waals surface area contributed by atoms with Crippen LogP contribution in [0, 0.1) is 18.8 Å². The van der Waals surface area contributed by atoms with Gasteiger partial charge >= 0.3 is 0 Å². The van der Waals surface area contributed by atoms with Crippen LogP contribution in [0.4, 0.5) is 5.69 Å². The first kappa shape index (κ1) is 19.2. The van der Waals surface area contributed by atoms with Crippen LogP contribution in [0.15, 0.2) is 35.1 Å². The van der Waals surface area contributed by atoms with E-state index in [0.717, 1.165) is 17.7 Å². The molecule has 1 N–H and O–H groups in total. The Morgan fingerprint density at radius 2 is 1.62 bits per heavy atom. The monoisotopic (exact) mass is 396 g/mol. The summed E-state index contributed by atoms with van der Waals surface area (Å²) in [5.41, 5.74) is 1.05. The number of carbonyl (C=O) groups is 3. The lowest BCUT2D eigenvalue weighted by atomic mass is 9.81. The summed E-state index contributed by atoms with van der Waals surface area (Å²) in [4.78, 5) is 51.7. The van der Waals surface area contributed by atoms with Gasteiger partial charge in [-0.15, -0.1) is 0 Å². The van der Waals surface area contributed by atoms with Crippen molar-refractivity contribution in [2.24, 2.45) is 18.9 Å². The number of carbonyl (C=O) groups excluding carboxylic acids is 3. The molecule has 1 aromatic heterocycles. The summed E-state index contributed by atoms with van der Waals surface area (Å²) >= 11 is 0. The molecule has 0 bridgehead atoms. The van der Waals surface area contributed by atoms with Crippen molar-refractivity contribution in [1.82, 2.24) is 14.3 Å². The van der Waals surface area contributed by atoms with Crippen molar-refractivity contribution >= 4 is 23.4 Å². The summed E-state index contributed by atoms with van der Waals surface area (Å²) in [6.45, 7) is 1.38. The molecule has 8 heteroatoms. The fourth-order valence-corrected chi connectivity index (χ4v) is 4.42. The summed E-state index contributed by atoms with van der Waals surface area (Å²) in [5.74, 6) is -1.66. The molecule has 0 spiro atoms. The lowest BCUT2D eigenvalue weighted by Gasteiger charge is -2.19. The number of fused-ring (bicyclic) bond motifs is 1. The number of hydrogen-bond acceptors (Lipinski definition) is 4. The summed E-state index contributed by atoms with van der Waals surface area (Å²) in [6, 6.07) is 9.11. The van der Waals surface area contributed by atoms with E-state index in [4.69, 9.17) is 0 Å². The number of hydrogen-bond donors (Lipinski definition) is 1. The highest BCUT2D eigenvalue weighted by atomic mass is 16.2. The lowest BCUT2D eigenvalue weighted by molar-refractivity contribution is -0.142. The van der Waals surface area contributed by atoms with Gasteiger partial charge in [0.25, 0.3) is 5.56 Å². The molecule has 1 aliphatic carbocycles. The van der Waals surface area contributed by atoms with Crippen molar-refractivity contribution in [2.75, 3.05) is 11.9 Å². The van der Waals surface area contributed by atoms with Crippen LogP contribution in [0.2, 0.25) is 0 Å². The molecule has 1 aliphatic heterocycles. The molecule has 2 fully saturated rings. The van der Waals surface area contributed by atoms with Gasteiger partial charge in [-0.25, -0.2) is 4.68 Å². The Balaban J connectivity index is 1.55. The normalized spacial score (nSPS) is 21.4. The topological polar surface area (TPSA) is 93.4 Å². The quantitative estimate of drug-likeness (QED) is 0.795. The average Bonchev–Trinajstić information content (AvgIpc) is 3.09.